The maximum absolute atomic E-state index is 6.03. The normalized spacial score (nSPS) is 19.6. The molecule has 2 rings (SSSR count). The van der Waals surface area contributed by atoms with Gasteiger partial charge in [0.25, 0.3) is 0 Å². The van der Waals surface area contributed by atoms with Crippen molar-refractivity contribution in [1.82, 2.24) is 9.78 Å². The number of hydrogen-bond acceptors (Lipinski definition) is 2. The summed E-state index contributed by atoms with van der Waals surface area (Å²) in [5.74, 6) is 0. The highest BCUT2D eigenvalue weighted by molar-refractivity contribution is 5.23. The van der Waals surface area contributed by atoms with E-state index in [1.54, 1.807) is 0 Å². The van der Waals surface area contributed by atoms with Gasteiger partial charge in [-0.05, 0) is 32.8 Å². The Morgan fingerprint density at radius 3 is 2.75 bits per heavy atom. The third kappa shape index (κ3) is 1.05. The van der Waals surface area contributed by atoms with E-state index in [0.717, 1.165) is 25.1 Å². The Morgan fingerprint density at radius 1 is 1.67 bits per heavy atom. The summed E-state index contributed by atoms with van der Waals surface area (Å²) in [4.78, 5) is 0. The molecule has 66 valence electrons. The van der Waals surface area contributed by atoms with Crippen LogP contribution in [0.5, 0.6) is 0 Å². The molecule has 0 radical (unpaired) electrons. The van der Waals surface area contributed by atoms with Gasteiger partial charge in [0.1, 0.15) is 0 Å². The smallest absolute Gasteiger partial charge is 0.0825 e. The number of nitrogens with zero attached hydrogens (tertiary/aromatic N) is 2. The second kappa shape index (κ2) is 2.33. The highest BCUT2D eigenvalue weighted by atomic mass is 15.3. The molecule has 0 spiro atoms. The molecule has 3 nitrogen and oxygen atoms in total. The van der Waals surface area contributed by atoms with Gasteiger partial charge in [-0.1, -0.05) is 0 Å². The fourth-order valence-corrected chi connectivity index (χ4v) is 1.46. The fraction of sp³-hybridized carbons (Fsp3) is 0.667. The van der Waals surface area contributed by atoms with Crippen LogP contribution in [0.4, 0.5) is 0 Å². The second-order valence-electron chi connectivity index (χ2n) is 3.64. The first kappa shape index (κ1) is 7.80. The van der Waals surface area contributed by atoms with Crippen LogP contribution < -0.4 is 5.73 Å². The lowest BCUT2D eigenvalue weighted by molar-refractivity contribution is 0.602. The summed E-state index contributed by atoms with van der Waals surface area (Å²) in [6, 6.07) is 2.11. The van der Waals surface area contributed by atoms with Crippen molar-refractivity contribution in [3.8, 4) is 0 Å². The largest absolute Gasteiger partial charge is 0.320 e. The van der Waals surface area contributed by atoms with Gasteiger partial charge in [0.05, 0.1) is 11.2 Å². The van der Waals surface area contributed by atoms with Crippen LogP contribution in [0.3, 0.4) is 0 Å². The minimum Gasteiger partial charge on any atom is -0.320 e. The zero-order valence-corrected chi connectivity index (χ0v) is 7.67. The molecule has 3 heteroatoms. The van der Waals surface area contributed by atoms with Gasteiger partial charge in [-0.15, -0.1) is 0 Å². The molecule has 1 aliphatic carbocycles. The van der Waals surface area contributed by atoms with Crippen molar-refractivity contribution in [3.63, 3.8) is 0 Å². The van der Waals surface area contributed by atoms with Crippen molar-refractivity contribution >= 4 is 0 Å². The van der Waals surface area contributed by atoms with E-state index >= 15 is 0 Å². The van der Waals surface area contributed by atoms with E-state index in [9.17, 15) is 0 Å². The van der Waals surface area contributed by atoms with E-state index in [2.05, 4.69) is 25.0 Å². The molecule has 0 atom stereocenters. The van der Waals surface area contributed by atoms with Crippen molar-refractivity contribution in [2.75, 3.05) is 0 Å². The molecular weight excluding hydrogens is 150 g/mol. The Balaban J connectivity index is 2.34. The van der Waals surface area contributed by atoms with Crippen LogP contribution in [0.1, 0.15) is 31.2 Å². The lowest BCUT2D eigenvalue weighted by atomic mass is 10.2. The molecule has 1 fully saturated rings. The lowest BCUT2D eigenvalue weighted by Crippen LogP contribution is -2.19. The van der Waals surface area contributed by atoms with E-state index in [-0.39, 0.29) is 5.54 Å². The number of hydrogen-bond donors (Lipinski definition) is 1. The van der Waals surface area contributed by atoms with Gasteiger partial charge in [0, 0.05) is 12.2 Å². The average molecular weight is 165 g/mol. The summed E-state index contributed by atoms with van der Waals surface area (Å²) in [5, 5.41) is 4.45. The Morgan fingerprint density at radius 2 is 2.33 bits per heavy atom. The van der Waals surface area contributed by atoms with E-state index in [0.29, 0.717) is 0 Å². The van der Waals surface area contributed by atoms with Crippen LogP contribution in [0, 0.1) is 6.92 Å². The lowest BCUT2D eigenvalue weighted by Gasteiger charge is -2.02. The quantitative estimate of drug-likeness (QED) is 0.714. The summed E-state index contributed by atoms with van der Waals surface area (Å²) in [7, 11) is 0. The molecule has 12 heavy (non-hydrogen) atoms. The first-order valence-corrected chi connectivity index (χ1v) is 4.49. The standard InChI is InChI=1S/C9H15N3/c1-3-12-7(2)6-8(11-12)9(10)4-5-9/h6H,3-5,10H2,1-2H3. The Bertz CT molecular complexity index is 297. The Hall–Kier alpha value is -0.830. The number of aryl methyl sites for hydroxylation is 2. The first-order valence-electron chi connectivity index (χ1n) is 4.49. The summed E-state index contributed by atoms with van der Waals surface area (Å²) >= 11 is 0. The van der Waals surface area contributed by atoms with Gasteiger partial charge in [-0.2, -0.15) is 5.10 Å². The molecule has 0 aliphatic heterocycles. The molecule has 0 aromatic carbocycles. The average Bonchev–Trinajstić information content (AvgIpc) is 2.65. The highest BCUT2D eigenvalue weighted by Crippen LogP contribution is 2.41. The van der Waals surface area contributed by atoms with Crippen LogP contribution in [-0.4, -0.2) is 9.78 Å². The SMILES string of the molecule is CCn1nc(C2(N)CC2)cc1C. The molecule has 0 saturated heterocycles. The fourth-order valence-electron chi connectivity index (χ4n) is 1.46. The monoisotopic (exact) mass is 165 g/mol. The van der Waals surface area contributed by atoms with E-state index in [1.807, 2.05) is 4.68 Å². The first-order chi connectivity index (χ1) is 5.65. The molecule has 1 aromatic rings. The number of nitrogens with two attached hydrogens (primary N) is 1. The summed E-state index contributed by atoms with van der Waals surface area (Å²) in [6.07, 6.45) is 2.18. The van der Waals surface area contributed by atoms with Gasteiger partial charge in [0.15, 0.2) is 0 Å². The topological polar surface area (TPSA) is 43.8 Å². The molecule has 2 N–H and O–H groups in total. The molecule has 1 aliphatic rings. The maximum atomic E-state index is 6.03. The van der Waals surface area contributed by atoms with Gasteiger partial charge in [-0.25, -0.2) is 0 Å². The predicted octanol–water partition coefficient (Wildman–Crippen LogP) is 1.16. The highest BCUT2D eigenvalue weighted by Gasteiger charge is 2.42. The predicted molar refractivity (Wildman–Crippen MR) is 47.7 cm³/mol. The van der Waals surface area contributed by atoms with Crippen molar-refractivity contribution in [3.05, 3.63) is 17.5 Å². The molecule has 0 bridgehead atoms. The molecule has 1 heterocycles. The number of aromatic nitrogens is 2. The second-order valence-corrected chi connectivity index (χ2v) is 3.64. The van der Waals surface area contributed by atoms with Crippen LogP contribution >= 0.6 is 0 Å². The van der Waals surface area contributed by atoms with Crippen LogP contribution in [0.25, 0.3) is 0 Å². The minimum atomic E-state index is -0.0782. The maximum Gasteiger partial charge on any atom is 0.0825 e. The van der Waals surface area contributed by atoms with E-state index in [4.69, 9.17) is 5.73 Å². The van der Waals surface area contributed by atoms with E-state index < -0.39 is 0 Å². The van der Waals surface area contributed by atoms with Crippen molar-refractivity contribution in [1.29, 1.82) is 0 Å². The Kier molecular flexibility index (Phi) is 1.51. The van der Waals surface area contributed by atoms with E-state index in [1.165, 1.54) is 5.69 Å². The molecule has 1 aromatic heterocycles. The minimum absolute atomic E-state index is 0.0782. The molecule has 0 unspecified atom stereocenters. The van der Waals surface area contributed by atoms with Crippen molar-refractivity contribution in [2.24, 2.45) is 5.73 Å². The molecule has 0 amide bonds. The van der Waals surface area contributed by atoms with Gasteiger partial charge >= 0.3 is 0 Å². The summed E-state index contributed by atoms with van der Waals surface area (Å²) in [6.45, 7) is 5.10. The zero-order valence-electron chi connectivity index (χ0n) is 7.67. The summed E-state index contributed by atoms with van der Waals surface area (Å²) < 4.78 is 2.00. The van der Waals surface area contributed by atoms with Crippen molar-refractivity contribution < 1.29 is 0 Å². The zero-order chi connectivity index (χ0) is 8.77. The Labute approximate surface area is 72.6 Å². The van der Waals surface area contributed by atoms with Gasteiger partial charge in [0.2, 0.25) is 0 Å². The van der Waals surface area contributed by atoms with Gasteiger partial charge < -0.3 is 5.73 Å². The number of rotatable bonds is 2. The third-order valence-electron chi connectivity index (χ3n) is 2.58. The summed E-state index contributed by atoms with van der Waals surface area (Å²) in [5.41, 5.74) is 8.23. The molecular formula is C9H15N3. The van der Waals surface area contributed by atoms with Crippen LogP contribution in [-0.2, 0) is 12.1 Å². The van der Waals surface area contributed by atoms with Crippen molar-refractivity contribution in [2.45, 2.75) is 38.8 Å². The molecule has 1 saturated carbocycles. The van der Waals surface area contributed by atoms with Crippen LogP contribution in [0.15, 0.2) is 6.07 Å². The third-order valence-corrected chi connectivity index (χ3v) is 2.58. The van der Waals surface area contributed by atoms with Gasteiger partial charge in [-0.3, -0.25) is 4.68 Å². The van der Waals surface area contributed by atoms with Crippen LogP contribution in [0.2, 0.25) is 0 Å².